The second-order valence-electron chi connectivity index (χ2n) is 8.31. The summed E-state index contributed by atoms with van der Waals surface area (Å²) in [6.45, 7) is 2.95. The molecule has 3 aromatic carbocycles. The second kappa shape index (κ2) is 9.64. The molecule has 6 nitrogen and oxygen atoms in total. The number of carbonyl (C=O) groups is 3. The highest BCUT2D eigenvalue weighted by Crippen LogP contribution is 2.20. The summed E-state index contributed by atoms with van der Waals surface area (Å²) in [7, 11) is 0. The Balaban J connectivity index is 1.32. The topological polar surface area (TPSA) is 78.5 Å². The Morgan fingerprint density at radius 3 is 2.50 bits per heavy atom. The third kappa shape index (κ3) is 4.97. The fourth-order valence-corrected chi connectivity index (χ4v) is 4.15. The highest BCUT2D eigenvalue weighted by atomic mass is 16.2. The molecule has 6 heteroatoms. The van der Waals surface area contributed by atoms with Crippen LogP contribution in [0.25, 0.3) is 10.8 Å². The number of piperidine rings is 1. The summed E-state index contributed by atoms with van der Waals surface area (Å²) in [5, 5.41) is 2.09. The van der Waals surface area contributed by atoms with Crippen LogP contribution in [-0.4, -0.2) is 35.7 Å². The standard InChI is InChI=1S/C26H27N3O3/c1-18-11-13-20(14-12-18)26(32)29-15-5-9-22(17-29)25(31)28-27-24(30)16-21-8-4-7-19-6-2-3-10-23(19)21/h2-4,6-8,10-14,22H,5,9,15-17H2,1H3,(H,27,30)(H,28,31). The van der Waals surface area contributed by atoms with E-state index in [-0.39, 0.29) is 30.1 Å². The van der Waals surface area contributed by atoms with Crippen LogP contribution in [-0.2, 0) is 16.0 Å². The van der Waals surface area contributed by atoms with Gasteiger partial charge in [-0.05, 0) is 48.2 Å². The van der Waals surface area contributed by atoms with Gasteiger partial charge in [0.15, 0.2) is 0 Å². The van der Waals surface area contributed by atoms with Crippen molar-refractivity contribution in [1.29, 1.82) is 0 Å². The van der Waals surface area contributed by atoms with Crippen molar-refractivity contribution >= 4 is 28.5 Å². The van der Waals surface area contributed by atoms with Crippen LogP contribution in [0, 0.1) is 12.8 Å². The number of hydrazine groups is 1. The Kier molecular flexibility index (Phi) is 6.50. The van der Waals surface area contributed by atoms with Crippen LogP contribution in [0.15, 0.2) is 66.7 Å². The molecule has 1 aliphatic rings. The summed E-state index contributed by atoms with van der Waals surface area (Å²) in [5.41, 5.74) is 7.71. The molecule has 0 radical (unpaired) electrons. The van der Waals surface area contributed by atoms with Gasteiger partial charge in [0.25, 0.3) is 5.91 Å². The third-order valence-corrected chi connectivity index (χ3v) is 5.93. The van der Waals surface area contributed by atoms with Crippen LogP contribution < -0.4 is 10.9 Å². The number of hydrogen-bond donors (Lipinski definition) is 2. The maximum Gasteiger partial charge on any atom is 0.253 e. The van der Waals surface area contributed by atoms with E-state index in [1.807, 2.05) is 73.7 Å². The van der Waals surface area contributed by atoms with E-state index in [2.05, 4.69) is 10.9 Å². The molecule has 1 saturated heterocycles. The Morgan fingerprint density at radius 1 is 0.938 bits per heavy atom. The average molecular weight is 430 g/mol. The number of carbonyl (C=O) groups excluding carboxylic acids is 3. The van der Waals surface area contributed by atoms with Crippen molar-refractivity contribution < 1.29 is 14.4 Å². The fraction of sp³-hybridized carbons (Fsp3) is 0.269. The number of fused-ring (bicyclic) bond motifs is 1. The van der Waals surface area contributed by atoms with Crippen molar-refractivity contribution in [2.45, 2.75) is 26.2 Å². The van der Waals surface area contributed by atoms with E-state index in [0.29, 0.717) is 25.1 Å². The third-order valence-electron chi connectivity index (χ3n) is 5.93. The van der Waals surface area contributed by atoms with Gasteiger partial charge < -0.3 is 4.90 Å². The molecule has 1 fully saturated rings. The van der Waals surface area contributed by atoms with Crippen molar-refractivity contribution in [2.75, 3.05) is 13.1 Å². The molecule has 4 rings (SSSR count). The van der Waals surface area contributed by atoms with E-state index in [1.54, 1.807) is 4.90 Å². The summed E-state index contributed by atoms with van der Waals surface area (Å²) in [4.78, 5) is 39.6. The Morgan fingerprint density at radius 2 is 1.69 bits per heavy atom. The van der Waals surface area contributed by atoms with Gasteiger partial charge in [-0.25, -0.2) is 0 Å². The van der Waals surface area contributed by atoms with Crippen LogP contribution in [0.1, 0.15) is 34.3 Å². The van der Waals surface area contributed by atoms with Crippen LogP contribution in [0.3, 0.4) is 0 Å². The largest absolute Gasteiger partial charge is 0.338 e. The first-order valence-electron chi connectivity index (χ1n) is 10.9. The van der Waals surface area contributed by atoms with E-state index in [9.17, 15) is 14.4 Å². The molecule has 2 N–H and O–H groups in total. The number of rotatable bonds is 4. The van der Waals surface area contributed by atoms with Gasteiger partial charge in [-0.1, -0.05) is 60.2 Å². The summed E-state index contributed by atoms with van der Waals surface area (Å²) >= 11 is 0. The summed E-state index contributed by atoms with van der Waals surface area (Å²) < 4.78 is 0. The molecule has 0 bridgehead atoms. The molecule has 3 amide bonds. The van der Waals surface area contributed by atoms with E-state index in [0.717, 1.165) is 28.3 Å². The Labute approximate surface area is 187 Å². The molecule has 3 aromatic rings. The highest BCUT2D eigenvalue weighted by molar-refractivity contribution is 5.95. The Bertz CT molecular complexity index is 1140. The fourth-order valence-electron chi connectivity index (χ4n) is 4.15. The van der Waals surface area contributed by atoms with Gasteiger partial charge in [0.1, 0.15) is 0 Å². The zero-order valence-electron chi connectivity index (χ0n) is 18.1. The molecule has 1 atom stereocenters. The van der Waals surface area contributed by atoms with Crippen LogP contribution in [0.5, 0.6) is 0 Å². The minimum atomic E-state index is -0.351. The molecular formula is C26H27N3O3. The summed E-state index contributed by atoms with van der Waals surface area (Å²) in [5.74, 6) is -0.964. The lowest BCUT2D eigenvalue weighted by Gasteiger charge is -2.32. The lowest BCUT2D eigenvalue weighted by molar-refractivity contribution is -0.131. The monoisotopic (exact) mass is 429 g/mol. The molecule has 0 spiro atoms. The van der Waals surface area contributed by atoms with Gasteiger partial charge in [-0.3, -0.25) is 25.2 Å². The number of nitrogens with one attached hydrogen (secondary N) is 2. The van der Waals surface area contributed by atoms with E-state index in [1.165, 1.54) is 0 Å². The zero-order chi connectivity index (χ0) is 22.5. The second-order valence-corrected chi connectivity index (χ2v) is 8.31. The maximum absolute atomic E-state index is 12.8. The first kappa shape index (κ1) is 21.6. The SMILES string of the molecule is Cc1ccc(C(=O)N2CCCC(C(=O)NNC(=O)Cc3cccc4ccccc34)C2)cc1. The van der Waals surface area contributed by atoms with E-state index in [4.69, 9.17) is 0 Å². The van der Waals surface area contributed by atoms with Gasteiger partial charge in [-0.15, -0.1) is 0 Å². The minimum absolute atomic E-state index is 0.0671. The number of likely N-dealkylation sites (tertiary alicyclic amines) is 1. The molecule has 32 heavy (non-hydrogen) atoms. The summed E-state index contributed by atoms with van der Waals surface area (Å²) in [6, 6.07) is 21.2. The molecule has 0 aromatic heterocycles. The lowest BCUT2D eigenvalue weighted by Crippen LogP contribution is -2.50. The molecular weight excluding hydrogens is 402 g/mol. The van der Waals surface area contributed by atoms with Crippen LogP contribution in [0.2, 0.25) is 0 Å². The van der Waals surface area contributed by atoms with Crippen molar-refractivity contribution in [1.82, 2.24) is 15.8 Å². The van der Waals surface area contributed by atoms with Crippen molar-refractivity contribution in [3.8, 4) is 0 Å². The first-order chi connectivity index (χ1) is 15.5. The quantitative estimate of drug-likeness (QED) is 0.624. The minimum Gasteiger partial charge on any atom is -0.338 e. The molecule has 1 unspecified atom stereocenters. The van der Waals surface area contributed by atoms with Gasteiger partial charge in [0.05, 0.1) is 12.3 Å². The zero-order valence-corrected chi connectivity index (χ0v) is 18.1. The molecule has 1 aliphatic heterocycles. The highest BCUT2D eigenvalue weighted by Gasteiger charge is 2.29. The number of amides is 3. The van der Waals surface area contributed by atoms with Gasteiger partial charge >= 0.3 is 0 Å². The number of hydrogen-bond acceptors (Lipinski definition) is 3. The van der Waals surface area contributed by atoms with Crippen LogP contribution >= 0.6 is 0 Å². The van der Waals surface area contributed by atoms with Crippen molar-refractivity contribution in [2.24, 2.45) is 5.92 Å². The van der Waals surface area contributed by atoms with Gasteiger partial charge in [0.2, 0.25) is 11.8 Å². The molecule has 164 valence electrons. The van der Waals surface area contributed by atoms with Gasteiger partial charge in [-0.2, -0.15) is 0 Å². The smallest absolute Gasteiger partial charge is 0.253 e. The number of nitrogens with zero attached hydrogens (tertiary/aromatic N) is 1. The Hall–Kier alpha value is -3.67. The van der Waals surface area contributed by atoms with E-state index >= 15 is 0 Å². The maximum atomic E-state index is 12.8. The molecule has 0 saturated carbocycles. The average Bonchev–Trinajstić information content (AvgIpc) is 2.83. The lowest BCUT2D eigenvalue weighted by atomic mass is 9.96. The molecule has 0 aliphatic carbocycles. The predicted octanol–water partition coefficient (Wildman–Crippen LogP) is 3.39. The van der Waals surface area contributed by atoms with E-state index < -0.39 is 0 Å². The normalized spacial score (nSPS) is 15.9. The van der Waals surface area contributed by atoms with Crippen LogP contribution in [0.4, 0.5) is 0 Å². The number of aryl methyl sites for hydroxylation is 1. The number of benzene rings is 3. The van der Waals surface area contributed by atoms with Crippen molar-refractivity contribution in [3.05, 3.63) is 83.4 Å². The predicted molar refractivity (Wildman–Crippen MR) is 124 cm³/mol. The summed E-state index contributed by atoms with van der Waals surface area (Å²) in [6.07, 6.45) is 1.60. The van der Waals surface area contributed by atoms with Crippen molar-refractivity contribution in [3.63, 3.8) is 0 Å². The van der Waals surface area contributed by atoms with Gasteiger partial charge in [0, 0.05) is 18.7 Å². The first-order valence-corrected chi connectivity index (χ1v) is 10.9. The molecule has 1 heterocycles.